The van der Waals surface area contributed by atoms with Gasteiger partial charge in [-0.15, -0.1) is 0 Å². The van der Waals surface area contributed by atoms with E-state index in [1.165, 1.54) is 22.3 Å². The topological polar surface area (TPSA) is 18.5 Å². The third-order valence-corrected chi connectivity index (χ3v) is 24.5. The smallest absolute Gasteiger partial charge is 0.158 e. The molecule has 1 aliphatic heterocycles. The fourth-order valence-electron chi connectivity index (χ4n) is 24.3. The van der Waals surface area contributed by atoms with Gasteiger partial charge in [-0.1, -0.05) is 0 Å². The lowest BCUT2D eigenvalue weighted by Crippen LogP contribution is -2.62. The van der Waals surface area contributed by atoms with Crippen LogP contribution in [-0.2, 0) is 20.7 Å². The molecule has 33 rings (SSSR count). The molecule has 1 saturated heterocycles. The molecule has 2 heteroatoms. The Morgan fingerprint density at radius 2 is 0.258 bits per heavy atom. The highest BCUT2D eigenvalue weighted by atomic mass is 16.6. The average molecular weight is 809 g/mol. The maximum atomic E-state index is 8.46. The molecule has 28 aromatic carbocycles. The summed E-state index contributed by atoms with van der Waals surface area (Å²) >= 11 is 0. The van der Waals surface area contributed by atoms with Gasteiger partial charge in [-0.05, 0) is 305 Å². The molecule has 28 aromatic rings. The first-order chi connectivity index (χ1) is 32.7. The van der Waals surface area contributed by atoms with Crippen molar-refractivity contribution in [3.05, 3.63) is 22.3 Å². The van der Waals surface area contributed by atoms with Crippen LogP contribution in [0.5, 0.6) is 0 Å². The monoisotopic (exact) mass is 808 g/mol. The van der Waals surface area contributed by atoms with Crippen molar-refractivity contribution in [2.24, 2.45) is 0 Å². The van der Waals surface area contributed by atoms with Crippen molar-refractivity contribution in [2.45, 2.75) is 37.3 Å². The Bertz CT molecular complexity index is 6440. The summed E-state index contributed by atoms with van der Waals surface area (Å²) in [6.45, 7) is 4.70. The van der Waals surface area contributed by atoms with Gasteiger partial charge in [0.2, 0.25) is 0 Å². The summed E-state index contributed by atoms with van der Waals surface area (Å²) in [6.07, 6.45) is -0.139. The fourth-order valence-corrected chi connectivity index (χ4v) is 24.3. The second-order valence-corrected chi connectivity index (χ2v) is 24.8. The van der Waals surface area contributed by atoms with Crippen molar-refractivity contribution in [3.8, 4) is 0 Å². The van der Waals surface area contributed by atoms with E-state index >= 15 is 0 Å². The van der Waals surface area contributed by atoms with E-state index in [1.807, 2.05) is 0 Å². The molecule has 0 saturated carbocycles. The van der Waals surface area contributed by atoms with Crippen molar-refractivity contribution in [2.75, 3.05) is 0 Å². The highest BCUT2D eigenvalue weighted by Gasteiger charge is 2.74. The van der Waals surface area contributed by atoms with Crippen LogP contribution >= 0.6 is 0 Å². The molecule has 66 heavy (non-hydrogen) atoms. The maximum Gasteiger partial charge on any atom is 0.158 e. The van der Waals surface area contributed by atoms with Gasteiger partial charge < -0.3 is 9.47 Å². The summed E-state index contributed by atoms with van der Waals surface area (Å²) in [4.78, 5) is 0. The number of ether oxygens (including phenoxy) is 2. The molecule has 1 heterocycles. The predicted octanol–water partition coefficient (Wildman–Crippen LogP) is 17.0. The quantitative estimate of drug-likeness (QED) is 0.142. The molecule has 4 aliphatic carbocycles. The van der Waals surface area contributed by atoms with Gasteiger partial charge in [0.15, 0.2) is 11.2 Å². The molecule has 2 nitrogen and oxygen atoms in total. The van der Waals surface area contributed by atoms with Crippen molar-refractivity contribution >= 4 is 291 Å². The SMILES string of the molecule is CC1OC23c4c5c6c7c8c9c(c%10c%11c2c2c4c4c%12c5c5c6c6c8c8c%13c9c9c%10c%10c%11c%11c2c2c4c4c%12c%12c5c5c6c8c6c8c%13c9c9c%10c%10c%11c2c2c4c4c%12c5c6c5c8c9c%10c2c45)C73OC1C. The number of rotatable bonds is 0. The lowest BCUT2D eigenvalue weighted by molar-refractivity contribution is -0.289. The van der Waals surface area contributed by atoms with E-state index in [2.05, 4.69) is 13.8 Å². The third kappa shape index (κ3) is 1.20. The van der Waals surface area contributed by atoms with Crippen molar-refractivity contribution in [1.82, 2.24) is 0 Å². The summed E-state index contributed by atoms with van der Waals surface area (Å²) < 4.78 is 16.9. The molecule has 0 N–H and O–H groups in total. The van der Waals surface area contributed by atoms with Crippen LogP contribution in [0.1, 0.15) is 36.1 Å². The average Bonchev–Trinajstić information content (AvgIpc) is 4.17. The molecular weight excluding hydrogens is 801 g/mol. The van der Waals surface area contributed by atoms with Crippen LogP contribution in [0.25, 0.3) is 291 Å². The van der Waals surface area contributed by atoms with Gasteiger partial charge in [-0.25, -0.2) is 0 Å². The Kier molecular flexibility index (Phi) is 1.91. The van der Waals surface area contributed by atoms with E-state index in [0.29, 0.717) is 0 Å². The van der Waals surface area contributed by atoms with Gasteiger partial charge in [0.25, 0.3) is 0 Å². The molecule has 0 amide bonds. The normalized spacial score (nSPS) is 25.7. The first kappa shape index (κ1) is 24.1. The van der Waals surface area contributed by atoms with Gasteiger partial charge >= 0.3 is 0 Å². The lowest BCUT2D eigenvalue weighted by atomic mass is 9.60. The maximum absolute atomic E-state index is 8.46. The summed E-state index contributed by atoms with van der Waals surface area (Å²) in [7, 11) is 0. The molecule has 0 aromatic heterocycles. The molecule has 0 radical (unpaired) electrons. The van der Waals surface area contributed by atoms with Crippen LogP contribution in [0.2, 0.25) is 0 Å². The summed E-state index contributed by atoms with van der Waals surface area (Å²) in [5.74, 6) is 0. The Hall–Kier alpha value is -7.62. The Morgan fingerprint density at radius 3 is 0.364 bits per heavy atom. The molecule has 2 unspecified atom stereocenters. The van der Waals surface area contributed by atoms with Gasteiger partial charge in [-0.3, -0.25) is 0 Å². The van der Waals surface area contributed by atoms with E-state index in [-0.39, 0.29) is 12.2 Å². The van der Waals surface area contributed by atoms with E-state index in [0.717, 1.165) is 0 Å². The van der Waals surface area contributed by atoms with Crippen molar-refractivity contribution < 1.29 is 9.47 Å². The molecule has 0 bridgehead atoms. The molecule has 2 spiro atoms. The first-order valence-corrected chi connectivity index (χ1v) is 24.9. The predicted molar refractivity (Wildman–Crippen MR) is 275 cm³/mol. The van der Waals surface area contributed by atoms with Gasteiger partial charge in [0, 0.05) is 22.3 Å². The molecule has 1 fully saturated rings. The molecular formula is C64H8O2. The first-order valence-electron chi connectivity index (χ1n) is 24.9. The Balaban J connectivity index is 1.26. The summed E-state index contributed by atoms with van der Waals surface area (Å²) in [6, 6.07) is 0. The molecule has 5 aliphatic rings. The van der Waals surface area contributed by atoms with Crippen LogP contribution < -0.4 is 0 Å². The second kappa shape index (κ2) is 5.25. The van der Waals surface area contributed by atoms with Crippen LogP contribution in [0.4, 0.5) is 0 Å². The van der Waals surface area contributed by atoms with Gasteiger partial charge in [-0.2, -0.15) is 0 Å². The zero-order valence-electron chi connectivity index (χ0n) is 34.0. The zero-order chi connectivity index (χ0) is 39.1. The van der Waals surface area contributed by atoms with Crippen LogP contribution in [0.3, 0.4) is 0 Å². The van der Waals surface area contributed by atoms with E-state index < -0.39 is 11.2 Å². The summed E-state index contributed by atoms with van der Waals surface area (Å²) in [5, 5.41) is 86.9. The van der Waals surface area contributed by atoms with Crippen LogP contribution in [-0.4, -0.2) is 12.2 Å². The minimum Gasteiger partial charge on any atom is -0.356 e. The van der Waals surface area contributed by atoms with Gasteiger partial charge in [0.05, 0.1) is 12.2 Å². The highest BCUT2D eigenvalue weighted by Crippen LogP contribution is 2.85. The third-order valence-electron chi connectivity index (χ3n) is 24.5. The lowest BCUT2D eigenvalue weighted by Gasteiger charge is -2.58. The van der Waals surface area contributed by atoms with E-state index in [9.17, 15) is 0 Å². The number of hydrogen-bond donors (Lipinski definition) is 0. The minimum atomic E-state index is -0.787. The Morgan fingerprint density at radius 1 is 0.167 bits per heavy atom. The molecule has 2 atom stereocenters. The number of hydrogen-bond acceptors (Lipinski definition) is 2. The fraction of sp³-hybridized carbons (Fsp3) is 0.0938. The van der Waals surface area contributed by atoms with Crippen LogP contribution in [0.15, 0.2) is 0 Å². The second-order valence-electron chi connectivity index (χ2n) is 24.8. The number of benzene rings is 18. The highest BCUT2D eigenvalue weighted by molar-refractivity contribution is 6.82. The van der Waals surface area contributed by atoms with Gasteiger partial charge in [0.1, 0.15) is 0 Å². The Labute approximate surface area is 358 Å². The summed E-state index contributed by atoms with van der Waals surface area (Å²) in [5.41, 5.74) is 4.47. The molecule has 276 valence electrons. The largest absolute Gasteiger partial charge is 0.356 e. The van der Waals surface area contributed by atoms with Crippen LogP contribution in [0, 0.1) is 0 Å². The van der Waals surface area contributed by atoms with Crippen molar-refractivity contribution in [1.29, 1.82) is 0 Å². The zero-order valence-corrected chi connectivity index (χ0v) is 34.0. The van der Waals surface area contributed by atoms with Crippen molar-refractivity contribution in [3.63, 3.8) is 0 Å². The van der Waals surface area contributed by atoms with E-state index in [1.54, 1.807) is 291 Å². The minimum absolute atomic E-state index is 0.0696. The van der Waals surface area contributed by atoms with E-state index in [4.69, 9.17) is 9.47 Å². The standard InChI is InChI=1S/C64H8O2/c1-3-4(2)66-64-61-53-45-35-25-17-9-6-5-7-11-13(9)21-27-19(11)29-23-15(7)16-8(5)12-14-10(6)18(17)26-32-22(14)28-20(12)30-24(16)34-33(23)43-37(29)47-41(27)49(39(45)31(21)25)57(61)55(47)59-51(43)52-44(34)38(30)48-42(28)50-40(32)46(36(26)35)54(53)62(64)58(50)56(48)60(52)63(59,64)65-3/h3-4H,1-2H3.